The van der Waals surface area contributed by atoms with E-state index in [1.54, 1.807) is 6.07 Å². The zero-order valence-corrected chi connectivity index (χ0v) is 16.9. The van der Waals surface area contributed by atoms with Crippen LogP contribution in [0, 0.1) is 6.92 Å². The van der Waals surface area contributed by atoms with E-state index >= 15 is 0 Å². The normalized spacial score (nSPS) is 15.8. The number of esters is 1. The van der Waals surface area contributed by atoms with Crippen molar-refractivity contribution < 1.29 is 19.1 Å². The van der Waals surface area contributed by atoms with E-state index in [9.17, 15) is 9.59 Å². The number of carbonyl (C=O) groups is 2. The molecule has 1 fully saturated rings. The molecule has 2 aromatic carbocycles. The molecular formula is C24H24N2O4. The topological polar surface area (TPSA) is 77.5 Å². The van der Waals surface area contributed by atoms with E-state index in [1.165, 1.54) is 0 Å². The number of aryl methyl sites for hydroxylation is 1. The van der Waals surface area contributed by atoms with Gasteiger partial charge in [0.25, 0.3) is 5.91 Å². The van der Waals surface area contributed by atoms with Gasteiger partial charge in [0.2, 0.25) is 0 Å². The van der Waals surface area contributed by atoms with Gasteiger partial charge in [0, 0.05) is 24.1 Å². The maximum atomic E-state index is 12.8. The van der Waals surface area contributed by atoms with Gasteiger partial charge in [-0.3, -0.25) is 4.79 Å². The highest BCUT2D eigenvalue weighted by Gasteiger charge is 2.18. The smallest absolute Gasteiger partial charge is 0.339 e. The molecular weight excluding hydrogens is 380 g/mol. The molecule has 0 radical (unpaired) electrons. The molecule has 6 heteroatoms. The molecule has 0 spiro atoms. The fourth-order valence-corrected chi connectivity index (χ4v) is 3.51. The molecule has 1 aliphatic heterocycles. The Kier molecular flexibility index (Phi) is 6.05. The number of rotatable bonds is 6. The lowest BCUT2D eigenvalue weighted by atomic mass is 10.0. The molecule has 0 aliphatic carbocycles. The minimum absolute atomic E-state index is 0.0471. The highest BCUT2D eigenvalue weighted by atomic mass is 16.5. The van der Waals surface area contributed by atoms with Crippen LogP contribution in [0.2, 0.25) is 0 Å². The molecule has 1 atom stereocenters. The number of hydrogen-bond donors (Lipinski definition) is 1. The standard InChI is InChI=1S/C24H24N2O4/c1-16-8-10-17(11-9-16)22-13-20(19-6-2-3-7-21(19)26-22)24(28)30-15-23(27)25-14-18-5-4-12-29-18/h2-3,6-11,13,18H,4-5,12,14-15H2,1H3,(H,25,27)/t18-/m0/s1. The second-order valence-corrected chi connectivity index (χ2v) is 7.45. The first-order chi connectivity index (χ1) is 14.6. The maximum absolute atomic E-state index is 12.8. The zero-order valence-electron chi connectivity index (χ0n) is 16.9. The molecule has 0 unspecified atom stereocenters. The van der Waals surface area contributed by atoms with E-state index in [2.05, 4.69) is 10.3 Å². The van der Waals surface area contributed by atoms with Gasteiger partial charge in [0.15, 0.2) is 6.61 Å². The lowest BCUT2D eigenvalue weighted by Crippen LogP contribution is -2.34. The number of ether oxygens (including phenoxy) is 2. The molecule has 0 saturated carbocycles. The van der Waals surface area contributed by atoms with Crippen LogP contribution < -0.4 is 5.32 Å². The number of hydrogen-bond acceptors (Lipinski definition) is 5. The van der Waals surface area contributed by atoms with Crippen molar-refractivity contribution in [3.63, 3.8) is 0 Å². The van der Waals surface area contributed by atoms with Gasteiger partial charge < -0.3 is 14.8 Å². The van der Waals surface area contributed by atoms with Crippen LogP contribution in [0.4, 0.5) is 0 Å². The van der Waals surface area contributed by atoms with E-state index in [1.807, 2.05) is 55.5 Å². The molecule has 1 saturated heterocycles. The van der Waals surface area contributed by atoms with Crippen LogP contribution in [-0.4, -0.2) is 42.7 Å². The van der Waals surface area contributed by atoms with E-state index in [0.717, 1.165) is 30.6 Å². The summed E-state index contributed by atoms with van der Waals surface area (Å²) in [6.45, 7) is 2.85. The largest absolute Gasteiger partial charge is 0.452 e. The second-order valence-electron chi connectivity index (χ2n) is 7.45. The van der Waals surface area contributed by atoms with E-state index < -0.39 is 5.97 Å². The average Bonchev–Trinajstić information content (AvgIpc) is 3.29. The number of aromatic nitrogens is 1. The van der Waals surface area contributed by atoms with Gasteiger partial charge in [-0.2, -0.15) is 0 Å². The van der Waals surface area contributed by atoms with E-state index in [-0.39, 0.29) is 18.6 Å². The molecule has 4 rings (SSSR count). The summed E-state index contributed by atoms with van der Waals surface area (Å²) in [6.07, 6.45) is 1.99. The first-order valence-electron chi connectivity index (χ1n) is 10.1. The molecule has 3 aromatic rings. The van der Waals surface area contributed by atoms with Crippen LogP contribution in [0.5, 0.6) is 0 Å². The summed E-state index contributed by atoms with van der Waals surface area (Å²) in [5, 5.41) is 3.45. The fraction of sp³-hybridized carbons (Fsp3) is 0.292. The summed E-state index contributed by atoms with van der Waals surface area (Å²) in [7, 11) is 0. The monoisotopic (exact) mass is 404 g/mol. The van der Waals surface area contributed by atoms with Crippen molar-refractivity contribution in [2.45, 2.75) is 25.9 Å². The molecule has 1 aromatic heterocycles. The van der Waals surface area contributed by atoms with Crippen LogP contribution >= 0.6 is 0 Å². The molecule has 154 valence electrons. The Balaban J connectivity index is 1.50. The van der Waals surface area contributed by atoms with E-state index in [0.29, 0.717) is 28.7 Å². The molecule has 6 nitrogen and oxygen atoms in total. The van der Waals surface area contributed by atoms with Crippen molar-refractivity contribution in [1.82, 2.24) is 10.3 Å². The first kappa shape index (κ1) is 20.0. The van der Waals surface area contributed by atoms with Gasteiger partial charge in [-0.15, -0.1) is 0 Å². The summed E-state index contributed by atoms with van der Waals surface area (Å²) in [6, 6.07) is 17.1. The van der Waals surface area contributed by atoms with Crippen LogP contribution in [-0.2, 0) is 14.3 Å². The van der Waals surface area contributed by atoms with Crippen molar-refractivity contribution in [3.05, 3.63) is 65.7 Å². The van der Waals surface area contributed by atoms with Crippen molar-refractivity contribution in [3.8, 4) is 11.3 Å². The van der Waals surface area contributed by atoms with Crippen molar-refractivity contribution in [1.29, 1.82) is 0 Å². The van der Waals surface area contributed by atoms with Crippen LogP contribution in [0.25, 0.3) is 22.2 Å². The number of benzene rings is 2. The number of amides is 1. The summed E-state index contributed by atoms with van der Waals surface area (Å²) in [4.78, 5) is 29.6. The van der Waals surface area contributed by atoms with Gasteiger partial charge in [-0.05, 0) is 31.9 Å². The predicted molar refractivity (Wildman–Crippen MR) is 114 cm³/mol. The molecule has 0 bridgehead atoms. The SMILES string of the molecule is Cc1ccc(-c2cc(C(=O)OCC(=O)NC[C@@H]3CCCO3)c3ccccc3n2)cc1. The third kappa shape index (κ3) is 4.66. The summed E-state index contributed by atoms with van der Waals surface area (Å²) < 4.78 is 10.8. The third-order valence-electron chi connectivity index (χ3n) is 5.17. The quantitative estimate of drug-likeness (QED) is 0.635. The Labute approximate surface area is 175 Å². The minimum atomic E-state index is -0.547. The average molecular weight is 404 g/mol. The van der Waals surface area contributed by atoms with Crippen molar-refractivity contribution >= 4 is 22.8 Å². The maximum Gasteiger partial charge on any atom is 0.339 e. The van der Waals surface area contributed by atoms with Gasteiger partial charge in [0.05, 0.1) is 22.9 Å². The van der Waals surface area contributed by atoms with Crippen LogP contribution in [0.3, 0.4) is 0 Å². The summed E-state index contributed by atoms with van der Waals surface area (Å²) >= 11 is 0. The Morgan fingerprint density at radius 3 is 2.73 bits per heavy atom. The second kappa shape index (κ2) is 9.05. The lowest BCUT2D eigenvalue weighted by Gasteiger charge is -2.12. The highest BCUT2D eigenvalue weighted by Crippen LogP contribution is 2.25. The van der Waals surface area contributed by atoms with Crippen molar-refractivity contribution in [2.75, 3.05) is 19.8 Å². The molecule has 2 heterocycles. The summed E-state index contributed by atoms with van der Waals surface area (Å²) in [5.74, 6) is -0.884. The third-order valence-corrected chi connectivity index (χ3v) is 5.17. The Hall–Kier alpha value is -3.25. The van der Waals surface area contributed by atoms with Gasteiger partial charge >= 0.3 is 5.97 Å². The zero-order chi connectivity index (χ0) is 20.9. The van der Waals surface area contributed by atoms with Crippen molar-refractivity contribution in [2.24, 2.45) is 0 Å². The molecule has 30 heavy (non-hydrogen) atoms. The Morgan fingerprint density at radius 2 is 1.97 bits per heavy atom. The predicted octanol–water partition coefficient (Wildman–Crippen LogP) is 3.66. The molecule has 1 N–H and O–H groups in total. The molecule has 1 amide bonds. The lowest BCUT2D eigenvalue weighted by molar-refractivity contribution is -0.124. The Morgan fingerprint density at radius 1 is 1.17 bits per heavy atom. The van der Waals surface area contributed by atoms with Gasteiger partial charge in [-0.1, -0.05) is 48.0 Å². The number of pyridine rings is 1. The highest BCUT2D eigenvalue weighted by molar-refractivity contribution is 6.05. The minimum Gasteiger partial charge on any atom is -0.452 e. The van der Waals surface area contributed by atoms with Crippen LogP contribution in [0.1, 0.15) is 28.8 Å². The number of fused-ring (bicyclic) bond motifs is 1. The van der Waals surface area contributed by atoms with Gasteiger partial charge in [-0.25, -0.2) is 9.78 Å². The Bertz CT molecular complexity index is 1060. The first-order valence-corrected chi connectivity index (χ1v) is 10.1. The number of carbonyl (C=O) groups excluding carboxylic acids is 2. The summed E-state index contributed by atoms with van der Waals surface area (Å²) in [5.41, 5.74) is 3.83. The number of para-hydroxylation sites is 1. The number of nitrogens with zero attached hydrogens (tertiary/aromatic N) is 1. The van der Waals surface area contributed by atoms with E-state index in [4.69, 9.17) is 9.47 Å². The fourth-order valence-electron chi connectivity index (χ4n) is 3.51. The number of nitrogens with one attached hydrogen (secondary N) is 1. The van der Waals surface area contributed by atoms with Crippen LogP contribution in [0.15, 0.2) is 54.6 Å². The van der Waals surface area contributed by atoms with Gasteiger partial charge in [0.1, 0.15) is 0 Å². The molecule has 1 aliphatic rings.